The van der Waals surface area contributed by atoms with Crippen molar-refractivity contribution < 1.29 is 9.90 Å². The smallest absolute Gasteiger partial charge is 0.306 e. The fourth-order valence-corrected chi connectivity index (χ4v) is 3.79. The molecule has 0 radical (unpaired) electrons. The van der Waals surface area contributed by atoms with Gasteiger partial charge in [0, 0.05) is 4.47 Å². The zero-order valence-corrected chi connectivity index (χ0v) is 14.7. The first kappa shape index (κ1) is 16.5. The molecule has 3 heteroatoms. The molecule has 1 aromatic rings. The van der Waals surface area contributed by atoms with Crippen LogP contribution < -0.4 is 0 Å². The highest BCUT2D eigenvalue weighted by Crippen LogP contribution is 2.44. The number of rotatable bonds is 3. The van der Waals surface area contributed by atoms with E-state index in [4.69, 9.17) is 0 Å². The number of halogens is 1. The average molecular weight is 353 g/mol. The van der Waals surface area contributed by atoms with Gasteiger partial charge in [0.05, 0.1) is 5.92 Å². The summed E-state index contributed by atoms with van der Waals surface area (Å²) in [7, 11) is 0. The highest BCUT2D eigenvalue weighted by Gasteiger charge is 2.38. The lowest BCUT2D eigenvalue weighted by Crippen LogP contribution is -2.36. The minimum absolute atomic E-state index is 0.188. The molecule has 1 aliphatic carbocycles. The zero-order chi connectivity index (χ0) is 15.6. The van der Waals surface area contributed by atoms with Crippen LogP contribution >= 0.6 is 15.9 Å². The van der Waals surface area contributed by atoms with Crippen LogP contribution in [0.2, 0.25) is 0 Å². The van der Waals surface area contributed by atoms with Gasteiger partial charge < -0.3 is 5.11 Å². The maximum Gasteiger partial charge on any atom is 0.306 e. The molecule has 0 heterocycles. The Kier molecular flexibility index (Phi) is 5.13. The topological polar surface area (TPSA) is 37.3 Å². The Morgan fingerprint density at radius 1 is 1.24 bits per heavy atom. The van der Waals surface area contributed by atoms with Gasteiger partial charge in [0.15, 0.2) is 0 Å². The molecular formula is C18H25BrO2. The SMILES string of the molecule is CC(C)(C)C1CCC(C(=O)O)C(Cc2ccc(Br)cc2)C1. The number of hydrogen-bond acceptors (Lipinski definition) is 1. The third kappa shape index (κ3) is 4.32. The van der Waals surface area contributed by atoms with E-state index in [2.05, 4.69) is 48.8 Å². The van der Waals surface area contributed by atoms with Crippen molar-refractivity contribution in [3.05, 3.63) is 34.3 Å². The molecular weight excluding hydrogens is 328 g/mol. The van der Waals surface area contributed by atoms with Crippen molar-refractivity contribution in [2.75, 3.05) is 0 Å². The van der Waals surface area contributed by atoms with Crippen LogP contribution in [0.1, 0.15) is 45.6 Å². The van der Waals surface area contributed by atoms with Crippen molar-refractivity contribution in [3.63, 3.8) is 0 Å². The highest BCUT2D eigenvalue weighted by molar-refractivity contribution is 9.10. The molecule has 0 aliphatic heterocycles. The van der Waals surface area contributed by atoms with Crippen molar-refractivity contribution >= 4 is 21.9 Å². The van der Waals surface area contributed by atoms with Crippen molar-refractivity contribution in [1.82, 2.24) is 0 Å². The van der Waals surface area contributed by atoms with Crippen LogP contribution in [-0.4, -0.2) is 11.1 Å². The lowest BCUT2D eigenvalue weighted by atomic mass is 9.64. The van der Waals surface area contributed by atoms with Gasteiger partial charge in [-0.15, -0.1) is 0 Å². The standard InChI is InChI=1S/C18H25BrO2/c1-18(2,3)14-6-9-16(17(20)21)13(11-14)10-12-4-7-15(19)8-5-12/h4-5,7-8,13-14,16H,6,9-11H2,1-3H3,(H,20,21). The predicted molar refractivity (Wildman–Crippen MR) is 89.3 cm³/mol. The van der Waals surface area contributed by atoms with Crippen LogP contribution in [0.3, 0.4) is 0 Å². The molecule has 3 unspecified atom stereocenters. The second kappa shape index (κ2) is 6.51. The van der Waals surface area contributed by atoms with E-state index in [0.717, 1.165) is 30.2 Å². The van der Waals surface area contributed by atoms with Gasteiger partial charge >= 0.3 is 5.97 Å². The first-order chi connectivity index (χ1) is 9.77. The van der Waals surface area contributed by atoms with Crippen LogP contribution in [0.15, 0.2) is 28.7 Å². The third-order valence-corrected chi connectivity index (χ3v) is 5.46. The molecule has 116 valence electrons. The lowest BCUT2D eigenvalue weighted by Gasteiger charge is -2.40. The summed E-state index contributed by atoms with van der Waals surface area (Å²) in [6, 6.07) is 8.28. The summed E-state index contributed by atoms with van der Waals surface area (Å²) in [5.41, 5.74) is 1.51. The van der Waals surface area contributed by atoms with E-state index < -0.39 is 5.97 Å². The molecule has 21 heavy (non-hydrogen) atoms. The van der Waals surface area contributed by atoms with Crippen molar-refractivity contribution in [2.45, 2.75) is 46.5 Å². The Morgan fingerprint density at radius 2 is 1.86 bits per heavy atom. The van der Waals surface area contributed by atoms with Gasteiger partial charge in [-0.3, -0.25) is 4.79 Å². The van der Waals surface area contributed by atoms with Gasteiger partial charge in [-0.2, -0.15) is 0 Å². The molecule has 1 aromatic carbocycles. The molecule has 0 saturated heterocycles. The Balaban J connectivity index is 2.14. The maximum absolute atomic E-state index is 11.6. The Labute approximate surface area is 136 Å². The van der Waals surface area contributed by atoms with Gasteiger partial charge in [0.1, 0.15) is 0 Å². The zero-order valence-electron chi connectivity index (χ0n) is 13.1. The number of carboxylic acids is 1. The quantitative estimate of drug-likeness (QED) is 0.815. The highest BCUT2D eigenvalue weighted by atomic mass is 79.9. The van der Waals surface area contributed by atoms with Gasteiger partial charge in [0.2, 0.25) is 0 Å². The van der Waals surface area contributed by atoms with Crippen molar-refractivity contribution in [1.29, 1.82) is 0 Å². The Hall–Kier alpha value is -0.830. The van der Waals surface area contributed by atoms with E-state index in [1.165, 1.54) is 5.56 Å². The number of benzene rings is 1. The normalized spacial score (nSPS) is 26.6. The van der Waals surface area contributed by atoms with Crippen LogP contribution in [-0.2, 0) is 11.2 Å². The molecule has 1 saturated carbocycles. The van der Waals surface area contributed by atoms with Gasteiger partial charge in [-0.05, 0) is 60.6 Å². The van der Waals surface area contributed by atoms with E-state index in [-0.39, 0.29) is 17.3 Å². The summed E-state index contributed by atoms with van der Waals surface area (Å²) in [4.78, 5) is 11.6. The second-order valence-electron chi connectivity index (χ2n) is 7.41. The molecule has 1 N–H and O–H groups in total. The minimum atomic E-state index is -0.621. The molecule has 0 bridgehead atoms. The summed E-state index contributed by atoms with van der Waals surface area (Å²) in [5, 5.41) is 9.51. The molecule has 3 atom stereocenters. The van der Waals surface area contributed by atoms with Crippen molar-refractivity contribution in [3.8, 4) is 0 Å². The van der Waals surface area contributed by atoms with Gasteiger partial charge in [0.25, 0.3) is 0 Å². The molecule has 2 rings (SSSR count). The summed E-state index contributed by atoms with van der Waals surface area (Å²) >= 11 is 3.45. The fourth-order valence-electron chi connectivity index (χ4n) is 3.52. The lowest BCUT2D eigenvalue weighted by molar-refractivity contribution is -0.146. The molecule has 0 aromatic heterocycles. The number of aliphatic carboxylic acids is 1. The largest absolute Gasteiger partial charge is 0.481 e. The van der Waals surface area contributed by atoms with Gasteiger partial charge in [-0.25, -0.2) is 0 Å². The van der Waals surface area contributed by atoms with Crippen LogP contribution in [0.5, 0.6) is 0 Å². The third-order valence-electron chi connectivity index (χ3n) is 4.94. The molecule has 0 amide bonds. The van der Waals surface area contributed by atoms with E-state index in [9.17, 15) is 9.90 Å². The van der Waals surface area contributed by atoms with E-state index in [1.54, 1.807) is 0 Å². The number of hydrogen-bond donors (Lipinski definition) is 1. The first-order valence-corrected chi connectivity index (χ1v) is 8.54. The summed E-state index contributed by atoms with van der Waals surface area (Å²) < 4.78 is 1.07. The Morgan fingerprint density at radius 3 is 2.38 bits per heavy atom. The average Bonchev–Trinajstić information content (AvgIpc) is 2.40. The van der Waals surface area contributed by atoms with E-state index in [0.29, 0.717) is 5.92 Å². The number of carboxylic acid groups (broad SMARTS) is 1. The van der Waals surface area contributed by atoms with Crippen molar-refractivity contribution in [2.24, 2.45) is 23.2 Å². The predicted octanol–water partition coefficient (Wildman–Crippen LogP) is 5.15. The van der Waals surface area contributed by atoms with Crippen LogP contribution in [0, 0.1) is 23.2 Å². The molecule has 2 nitrogen and oxygen atoms in total. The fraction of sp³-hybridized carbons (Fsp3) is 0.611. The molecule has 0 spiro atoms. The minimum Gasteiger partial charge on any atom is -0.481 e. The molecule has 1 aliphatic rings. The summed E-state index contributed by atoms with van der Waals surface area (Å²) in [6.07, 6.45) is 3.75. The van der Waals surface area contributed by atoms with Crippen LogP contribution in [0.4, 0.5) is 0 Å². The Bertz CT molecular complexity index is 487. The summed E-state index contributed by atoms with van der Waals surface area (Å²) in [5.74, 6) is 0.0620. The van der Waals surface area contributed by atoms with Crippen LogP contribution in [0.25, 0.3) is 0 Å². The number of carbonyl (C=O) groups is 1. The first-order valence-electron chi connectivity index (χ1n) is 7.74. The second-order valence-corrected chi connectivity index (χ2v) is 8.33. The van der Waals surface area contributed by atoms with Gasteiger partial charge in [-0.1, -0.05) is 48.8 Å². The monoisotopic (exact) mass is 352 g/mol. The maximum atomic E-state index is 11.6. The van der Waals surface area contributed by atoms with E-state index in [1.807, 2.05) is 12.1 Å². The van der Waals surface area contributed by atoms with E-state index >= 15 is 0 Å². The molecule has 1 fully saturated rings. The summed E-state index contributed by atoms with van der Waals surface area (Å²) in [6.45, 7) is 6.82.